The topological polar surface area (TPSA) is 55.8 Å². The number of halogens is 1. The molecule has 2 aromatic rings. The van der Waals surface area contributed by atoms with Gasteiger partial charge in [0.1, 0.15) is 11.6 Å². The maximum Gasteiger partial charge on any atom is 0.350 e. The van der Waals surface area contributed by atoms with Gasteiger partial charge in [-0.3, -0.25) is 4.79 Å². The maximum absolute atomic E-state index is 13.0. The molecule has 2 rings (SSSR count). The Balaban J connectivity index is 1.85. The molecule has 2 aromatic carbocycles. The summed E-state index contributed by atoms with van der Waals surface area (Å²) in [5.74, 6) is -1.06. The van der Waals surface area contributed by atoms with E-state index in [0.717, 1.165) is 10.5 Å². The van der Waals surface area contributed by atoms with E-state index >= 15 is 0 Å². The highest BCUT2D eigenvalue weighted by Gasteiger charge is 2.32. The summed E-state index contributed by atoms with van der Waals surface area (Å²) in [6, 6.07) is 13.2. The fourth-order valence-corrected chi connectivity index (χ4v) is 2.75. The molecule has 0 atom stereocenters. The third kappa shape index (κ3) is 6.27. The van der Waals surface area contributed by atoms with Crippen molar-refractivity contribution in [2.45, 2.75) is 30.9 Å². The molecule has 0 aliphatic heterocycles. The molecular formula is C21H24FNO4S. The Labute approximate surface area is 168 Å². The number of hydrogen-bond acceptors (Lipinski definition) is 5. The lowest BCUT2D eigenvalue weighted by Gasteiger charge is -2.25. The highest BCUT2D eigenvalue weighted by Crippen LogP contribution is 2.20. The van der Waals surface area contributed by atoms with Crippen LogP contribution in [0.5, 0.6) is 5.75 Å². The Morgan fingerprint density at radius 3 is 2.25 bits per heavy atom. The summed E-state index contributed by atoms with van der Waals surface area (Å²) in [7, 11) is 1.65. The van der Waals surface area contributed by atoms with E-state index in [-0.39, 0.29) is 12.5 Å². The number of nitrogens with zero attached hydrogens (tertiary/aromatic N) is 1. The Morgan fingerprint density at radius 2 is 1.68 bits per heavy atom. The Morgan fingerprint density at radius 1 is 1.07 bits per heavy atom. The van der Waals surface area contributed by atoms with Crippen molar-refractivity contribution in [2.75, 3.05) is 19.9 Å². The second-order valence-electron chi connectivity index (χ2n) is 6.74. The van der Waals surface area contributed by atoms with Crippen LogP contribution in [0.25, 0.3) is 0 Å². The van der Waals surface area contributed by atoms with Crippen LogP contribution in [-0.4, -0.2) is 42.3 Å². The van der Waals surface area contributed by atoms with Crippen LogP contribution in [0.4, 0.5) is 4.39 Å². The molecule has 0 aliphatic carbocycles. The van der Waals surface area contributed by atoms with Crippen molar-refractivity contribution in [3.05, 3.63) is 59.9 Å². The second kappa shape index (κ2) is 9.59. The number of hydrogen-bond donors (Lipinski definition) is 0. The predicted molar refractivity (Wildman–Crippen MR) is 107 cm³/mol. The number of thioether (sulfide) groups is 1. The average Bonchev–Trinajstić information content (AvgIpc) is 2.67. The molecule has 0 saturated carbocycles. The third-order valence-electron chi connectivity index (χ3n) is 4.01. The minimum absolute atomic E-state index is 0.320. The fourth-order valence-electron chi connectivity index (χ4n) is 2.34. The van der Waals surface area contributed by atoms with Gasteiger partial charge in [-0.2, -0.15) is 0 Å². The lowest BCUT2D eigenvalue weighted by molar-refractivity contribution is -0.163. The van der Waals surface area contributed by atoms with E-state index in [2.05, 4.69) is 0 Å². The number of likely N-dealkylation sites (N-methyl/N-ethyl adjacent to an activating group) is 1. The average molecular weight is 405 g/mol. The first-order chi connectivity index (χ1) is 13.2. The van der Waals surface area contributed by atoms with Gasteiger partial charge < -0.3 is 14.4 Å². The summed E-state index contributed by atoms with van der Waals surface area (Å²) < 4.78 is 23.7. The lowest BCUT2D eigenvalue weighted by Crippen LogP contribution is -2.41. The van der Waals surface area contributed by atoms with Gasteiger partial charge >= 0.3 is 5.97 Å². The molecule has 150 valence electrons. The van der Waals surface area contributed by atoms with E-state index in [1.165, 1.54) is 43.0 Å². The number of amides is 1. The number of benzene rings is 2. The van der Waals surface area contributed by atoms with Crippen LogP contribution in [0.1, 0.15) is 19.4 Å². The van der Waals surface area contributed by atoms with E-state index < -0.39 is 17.4 Å². The number of ether oxygens (including phenoxy) is 2. The summed E-state index contributed by atoms with van der Waals surface area (Å²) in [6.45, 7) is 3.09. The van der Waals surface area contributed by atoms with Gasteiger partial charge in [0, 0.05) is 18.5 Å². The zero-order valence-corrected chi connectivity index (χ0v) is 17.2. The molecule has 0 aliphatic rings. The first kappa shape index (κ1) is 21.8. The zero-order chi connectivity index (χ0) is 20.7. The SMILES string of the molecule is CSc1ccc(CN(C)C(=O)COC(=O)C(C)(C)Oc2ccc(F)cc2)cc1. The number of esters is 1. The molecule has 0 radical (unpaired) electrons. The van der Waals surface area contributed by atoms with E-state index in [1.807, 2.05) is 30.5 Å². The molecule has 0 saturated heterocycles. The predicted octanol–water partition coefficient (Wildman–Crippen LogP) is 3.91. The van der Waals surface area contributed by atoms with Gasteiger partial charge in [0.15, 0.2) is 12.2 Å². The van der Waals surface area contributed by atoms with Crippen molar-refractivity contribution < 1.29 is 23.5 Å². The van der Waals surface area contributed by atoms with Crippen molar-refractivity contribution in [2.24, 2.45) is 0 Å². The highest BCUT2D eigenvalue weighted by atomic mass is 32.2. The quantitative estimate of drug-likeness (QED) is 0.492. The standard InChI is InChI=1S/C21H24FNO4S/c1-21(2,27-17-9-7-16(22)8-10-17)20(25)26-14-19(24)23(3)13-15-5-11-18(28-4)12-6-15/h5-12H,13-14H2,1-4H3. The van der Waals surface area contributed by atoms with Gasteiger partial charge in [-0.05, 0) is 62.1 Å². The number of carbonyl (C=O) groups is 2. The van der Waals surface area contributed by atoms with Gasteiger partial charge in [-0.15, -0.1) is 11.8 Å². The van der Waals surface area contributed by atoms with Gasteiger partial charge in [0.25, 0.3) is 5.91 Å². The van der Waals surface area contributed by atoms with Crippen LogP contribution in [0.3, 0.4) is 0 Å². The molecule has 0 heterocycles. The van der Waals surface area contributed by atoms with E-state index in [1.54, 1.807) is 18.8 Å². The number of carbonyl (C=O) groups excluding carboxylic acids is 2. The summed E-state index contributed by atoms with van der Waals surface area (Å²) in [5, 5.41) is 0. The van der Waals surface area contributed by atoms with Crippen molar-refractivity contribution in [3.63, 3.8) is 0 Å². The normalized spacial score (nSPS) is 11.0. The minimum Gasteiger partial charge on any atom is -0.476 e. The van der Waals surface area contributed by atoms with Gasteiger partial charge in [-0.25, -0.2) is 9.18 Å². The van der Waals surface area contributed by atoms with Crippen LogP contribution in [0, 0.1) is 5.82 Å². The van der Waals surface area contributed by atoms with Crippen molar-refractivity contribution >= 4 is 23.6 Å². The zero-order valence-electron chi connectivity index (χ0n) is 16.4. The van der Waals surface area contributed by atoms with Crippen LogP contribution in [0.15, 0.2) is 53.4 Å². The summed E-state index contributed by atoms with van der Waals surface area (Å²) >= 11 is 1.65. The maximum atomic E-state index is 13.0. The van der Waals surface area contributed by atoms with Gasteiger partial charge in [0.05, 0.1) is 0 Å². The number of rotatable bonds is 8. The largest absolute Gasteiger partial charge is 0.476 e. The summed E-state index contributed by atoms with van der Waals surface area (Å²) in [4.78, 5) is 27.2. The smallest absolute Gasteiger partial charge is 0.350 e. The fraction of sp³-hybridized carbons (Fsp3) is 0.333. The highest BCUT2D eigenvalue weighted by molar-refractivity contribution is 7.98. The summed E-state index contributed by atoms with van der Waals surface area (Å²) in [6.07, 6.45) is 2.00. The first-order valence-electron chi connectivity index (χ1n) is 8.70. The molecule has 28 heavy (non-hydrogen) atoms. The van der Waals surface area contributed by atoms with Crippen molar-refractivity contribution in [3.8, 4) is 5.75 Å². The Kier molecular flexibility index (Phi) is 7.45. The van der Waals surface area contributed by atoms with Crippen molar-refractivity contribution in [1.82, 2.24) is 4.90 Å². The molecule has 0 N–H and O–H groups in total. The monoisotopic (exact) mass is 405 g/mol. The van der Waals surface area contributed by atoms with Crippen LogP contribution >= 0.6 is 11.8 Å². The molecule has 0 spiro atoms. The lowest BCUT2D eigenvalue weighted by atomic mass is 10.1. The summed E-state index contributed by atoms with van der Waals surface area (Å²) in [5.41, 5.74) is -0.329. The molecule has 0 bridgehead atoms. The molecule has 0 unspecified atom stereocenters. The third-order valence-corrected chi connectivity index (χ3v) is 4.75. The molecule has 5 nitrogen and oxygen atoms in total. The molecule has 1 amide bonds. The Bertz CT molecular complexity index is 806. The van der Waals surface area contributed by atoms with Crippen LogP contribution in [0.2, 0.25) is 0 Å². The molecule has 0 aromatic heterocycles. The first-order valence-corrected chi connectivity index (χ1v) is 9.92. The van der Waals surface area contributed by atoms with Gasteiger partial charge in [-0.1, -0.05) is 12.1 Å². The van der Waals surface area contributed by atoms with Crippen LogP contribution < -0.4 is 4.74 Å². The minimum atomic E-state index is -1.32. The molecular weight excluding hydrogens is 381 g/mol. The Hall–Kier alpha value is -2.54. The molecule has 7 heteroatoms. The molecule has 0 fully saturated rings. The van der Waals surface area contributed by atoms with E-state index in [0.29, 0.717) is 12.3 Å². The van der Waals surface area contributed by atoms with Crippen molar-refractivity contribution in [1.29, 1.82) is 0 Å². The van der Waals surface area contributed by atoms with Gasteiger partial charge in [0.2, 0.25) is 0 Å². The van der Waals surface area contributed by atoms with Crippen LogP contribution in [-0.2, 0) is 20.9 Å². The van der Waals surface area contributed by atoms with E-state index in [4.69, 9.17) is 9.47 Å². The second-order valence-corrected chi connectivity index (χ2v) is 7.62. The van der Waals surface area contributed by atoms with E-state index in [9.17, 15) is 14.0 Å².